The molecule has 2 aromatic rings. The van der Waals surface area contributed by atoms with Gasteiger partial charge in [-0.2, -0.15) is 0 Å². The maximum atomic E-state index is 6.63. The predicted molar refractivity (Wildman–Crippen MR) is 138 cm³/mol. The zero-order chi connectivity index (χ0) is 23.1. The Labute approximate surface area is 213 Å². The van der Waals surface area contributed by atoms with Crippen molar-refractivity contribution in [1.29, 1.82) is 0 Å². The molecule has 2 nitrogen and oxygen atoms in total. The molecule has 0 spiro atoms. The van der Waals surface area contributed by atoms with Crippen LogP contribution in [0.4, 0.5) is 0 Å². The summed E-state index contributed by atoms with van der Waals surface area (Å²) in [6, 6.07) is 18.1. The first-order valence-electron chi connectivity index (χ1n) is 14.4. The number of ether oxygens (including phenoxy) is 2. The molecule has 0 unspecified atom stereocenters. The second kappa shape index (κ2) is 6.71. The van der Waals surface area contributed by atoms with Crippen LogP contribution in [-0.4, -0.2) is 0 Å². The van der Waals surface area contributed by atoms with Crippen LogP contribution in [0.25, 0.3) is 0 Å². The lowest BCUT2D eigenvalue weighted by molar-refractivity contribution is 0.0544. The van der Waals surface area contributed by atoms with Crippen molar-refractivity contribution in [2.75, 3.05) is 0 Å². The van der Waals surface area contributed by atoms with Crippen LogP contribution in [0.15, 0.2) is 82.0 Å². The van der Waals surface area contributed by atoms with Crippen LogP contribution < -0.4 is 0 Å². The summed E-state index contributed by atoms with van der Waals surface area (Å²) in [5, 5.41) is 0. The van der Waals surface area contributed by atoms with Gasteiger partial charge in [-0.05, 0) is 97.3 Å². The van der Waals surface area contributed by atoms with Crippen molar-refractivity contribution in [3.63, 3.8) is 0 Å². The summed E-state index contributed by atoms with van der Waals surface area (Å²) in [7, 11) is 0. The minimum atomic E-state index is 0.345. The summed E-state index contributed by atoms with van der Waals surface area (Å²) >= 11 is 0. The second-order valence-electron chi connectivity index (χ2n) is 13.0. The fraction of sp³-hybridized carbons (Fsp3) is 0.471. The molecular weight excluding hydrogens is 440 g/mol. The van der Waals surface area contributed by atoms with E-state index >= 15 is 0 Å². The molecule has 4 aliphatic heterocycles. The van der Waals surface area contributed by atoms with Crippen LogP contribution in [0.1, 0.15) is 98.0 Å². The van der Waals surface area contributed by atoms with Crippen molar-refractivity contribution >= 4 is 0 Å². The van der Waals surface area contributed by atoms with Crippen molar-refractivity contribution in [3.05, 3.63) is 104 Å². The number of hydrogen-bond donors (Lipinski definition) is 0. The van der Waals surface area contributed by atoms with Gasteiger partial charge in [0.05, 0.1) is 24.4 Å². The molecule has 4 aliphatic carbocycles. The quantitative estimate of drug-likeness (QED) is 0.360. The van der Waals surface area contributed by atoms with Crippen LogP contribution in [0, 0.1) is 23.7 Å². The van der Waals surface area contributed by atoms with E-state index in [9.17, 15) is 0 Å². The maximum Gasteiger partial charge on any atom is 0.0872 e. The monoisotopic (exact) mass is 472 g/mol. The van der Waals surface area contributed by atoms with Gasteiger partial charge in [-0.1, -0.05) is 82.0 Å². The minimum absolute atomic E-state index is 0.345. The molecule has 8 aliphatic rings. The Bertz CT molecular complexity index is 1240. The van der Waals surface area contributed by atoms with Gasteiger partial charge in [0.15, 0.2) is 0 Å². The Morgan fingerprint density at radius 1 is 0.389 bits per heavy atom. The Morgan fingerprint density at radius 2 is 0.667 bits per heavy atom. The van der Waals surface area contributed by atoms with Crippen LogP contribution >= 0.6 is 0 Å². The average molecular weight is 473 g/mol. The first kappa shape index (κ1) is 19.7. The number of benzene rings is 2. The predicted octanol–water partition coefficient (Wildman–Crippen LogP) is 8.17. The van der Waals surface area contributed by atoms with E-state index in [1.165, 1.54) is 73.6 Å². The summed E-state index contributed by atoms with van der Waals surface area (Å²) < 4.78 is 13.3. The first-order valence-corrected chi connectivity index (χ1v) is 14.4. The largest absolute Gasteiger partial charge is 0.365 e. The minimum Gasteiger partial charge on any atom is -0.365 e. The van der Waals surface area contributed by atoms with Gasteiger partial charge < -0.3 is 9.47 Å². The highest BCUT2D eigenvalue weighted by Crippen LogP contribution is 2.66. The summed E-state index contributed by atoms with van der Waals surface area (Å²) in [4.78, 5) is 0. The summed E-state index contributed by atoms with van der Waals surface area (Å²) in [5.41, 5.74) is 16.7. The number of rotatable bonds is 0. The van der Waals surface area contributed by atoms with Gasteiger partial charge in [-0.25, -0.2) is 0 Å². The SMILES string of the molecule is c1ccc2c(c1)[C@H]1O[C@@H]2[C@@H]2CC3=C(CC4=C(C3)CC3=C(C4)C[C@@H]4[C@H](C3)[C@@H]3O[C@H]4c4ccccc43)C[C@@H]21. The Hall–Kier alpha value is -2.42. The summed E-state index contributed by atoms with van der Waals surface area (Å²) in [6.07, 6.45) is 11.5. The molecule has 2 aromatic carbocycles. The highest BCUT2D eigenvalue weighted by atomic mass is 16.5. The molecule has 2 saturated heterocycles. The third-order valence-electron chi connectivity index (χ3n) is 11.6. The number of hydrogen-bond acceptors (Lipinski definition) is 2. The van der Waals surface area contributed by atoms with Gasteiger partial charge >= 0.3 is 0 Å². The van der Waals surface area contributed by atoms with E-state index in [0.29, 0.717) is 48.1 Å². The molecule has 0 N–H and O–H groups in total. The van der Waals surface area contributed by atoms with Gasteiger partial charge in [0, 0.05) is 0 Å². The standard InChI is InChI=1S/C34H32O2/c1-2-6-24-23(5-1)31-27-13-19-9-17-11-21-15-29-30(34-26-8-4-3-7-25(26)33(29)36-34)16-22(21)12-18(17)10-20(19)14-28(27)32(24)35-31/h1-8,27-34H,9-16H2/t27-,28+,29+,30-,31+,32-,33-,34+. The van der Waals surface area contributed by atoms with E-state index in [0.717, 1.165) is 0 Å². The molecule has 0 aromatic heterocycles. The second-order valence-corrected chi connectivity index (χ2v) is 13.0. The molecule has 8 atom stereocenters. The molecule has 36 heavy (non-hydrogen) atoms. The molecular formula is C34H32O2. The molecule has 0 radical (unpaired) electrons. The van der Waals surface area contributed by atoms with Crippen molar-refractivity contribution in [3.8, 4) is 0 Å². The van der Waals surface area contributed by atoms with Gasteiger partial charge in [-0.3, -0.25) is 0 Å². The fourth-order valence-electron chi connectivity index (χ4n) is 10.1. The molecule has 0 saturated carbocycles. The lowest BCUT2D eigenvalue weighted by atomic mass is 9.61. The maximum absolute atomic E-state index is 6.63. The van der Waals surface area contributed by atoms with Crippen molar-refractivity contribution in [2.45, 2.75) is 75.8 Å². The highest BCUT2D eigenvalue weighted by Gasteiger charge is 2.55. The molecule has 180 valence electrons. The van der Waals surface area contributed by atoms with Crippen LogP contribution in [0.2, 0.25) is 0 Å². The van der Waals surface area contributed by atoms with Crippen LogP contribution in [0.5, 0.6) is 0 Å². The van der Waals surface area contributed by atoms with Gasteiger partial charge in [-0.15, -0.1) is 0 Å². The smallest absolute Gasteiger partial charge is 0.0872 e. The molecule has 0 amide bonds. The fourth-order valence-corrected chi connectivity index (χ4v) is 10.1. The van der Waals surface area contributed by atoms with Crippen molar-refractivity contribution < 1.29 is 9.47 Å². The zero-order valence-electron chi connectivity index (χ0n) is 20.7. The lowest BCUT2D eigenvalue weighted by Gasteiger charge is -2.42. The number of fused-ring (bicyclic) bond motifs is 16. The molecule has 10 rings (SSSR count). The Kier molecular flexibility index (Phi) is 3.67. The molecule has 4 bridgehead atoms. The van der Waals surface area contributed by atoms with E-state index in [-0.39, 0.29) is 0 Å². The van der Waals surface area contributed by atoms with Gasteiger partial charge in [0.1, 0.15) is 0 Å². The normalized spacial score (nSPS) is 40.4. The van der Waals surface area contributed by atoms with E-state index in [2.05, 4.69) is 48.5 Å². The summed E-state index contributed by atoms with van der Waals surface area (Å²) in [6.45, 7) is 0. The lowest BCUT2D eigenvalue weighted by Crippen LogP contribution is -2.30. The van der Waals surface area contributed by atoms with Crippen LogP contribution in [0.3, 0.4) is 0 Å². The third kappa shape index (κ3) is 2.37. The molecule has 2 fully saturated rings. The first-order chi connectivity index (χ1) is 17.8. The van der Waals surface area contributed by atoms with E-state index in [4.69, 9.17) is 9.47 Å². The highest BCUT2D eigenvalue weighted by molar-refractivity contribution is 5.49. The van der Waals surface area contributed by atoms with E-state index in [1.807, 2.05) is 0 Å². The van der Waals surface area contributed by atoms with Crippen molar-refractivity contribution in [1.82, 2.24) is 0 Å². The van der Waals surface area contributed by atoms with Crippen LogP contribution in [-0.2, 0) is 9.47 Å². The van der Waals surface area contributed by atoms with E-state index < -0.39 is 0 Å². The number of allylic oxidation sites excluding steroid dienone is 6. The third-order valence-corrected chi connectivity index (χ3v) is 11.6. The average Bonchev–Trinajstić information content (AvgIpc) is 3.67. The van der Waals surface area contributed by atoms with Gasteiger partial charge in [0.25, 0.3) is 0 Å². The molecule has 4 heterocycles. The van der Waals surface area contributed by atoms with E-state index in [1.54, 1.807) is 33.4 Å². The Morgan fingerprint density at radius 3 is 0.944 bits per heavy atom. The zero-order valence-corrected chi connectivity index (χ0v) is 20.7. The molecule has 2 heteroatoms. The Balaban J connectivity index is 0.915. The van der Waals surface area contributed by atoms with Gasteiger partial charge in [0.2, 0.25) is 0 Å². The van der Waals surface area contributed by atoms with Crippen molar-refractivity contribution in [2.24, 2.45) is 23.7 Å². The summed E-state index contributed by atoms with van der Waals surface area (Å²) in [5.74, 6) is 2.80. The topological polar surface area (TPSA) is 18.5 Å².